The summed E-state index contributed by atoms with van der Waals surface area (Å²) in [4.78, 5) is 1.76. The fourth-order valence-corrected chi connectivity index (χ4v) is 2.33. The van der Waals surface area contributed by atoms with E-state index < -0.39 is 11.6 Å². The van der Waals surface area contributed by atoms with E-state index in [1.807, 2.05) is 0 Å². The highest BCUT2D eigenvalue weighted by Gasteiger charge is 2.23. The molecule has 93 valence electrons. The van der Waals surface area contributed by atoms with E-state index in [2.05, 4.69) is 6.92 Å². The molecular formula is C13H17F2N2. The maximum Gasteiger partial charge on any atom is 0.151 e. The van der Waals surface area contributed by atoms with Crippen LogP contribution in [0.3, 0.4) is 0 Å². The average molecular weight is 239 g/mol. The maximum atomic E-state index is 13.7. The molecule has 1 aromatic carbocycles. The summed E-state index contributed by atoms with van der Waals surface area (Å²) >= 11 is 0. The molecule has 1 heterocycles. The topological polar surface area (TPSA) is 29.3 Å². The minimum atomic E-state index is -0.574. The lowest BCUT2D eigenvalue weighted by Crippen LogP contribution is -2.34. The molecule has 1 aromatic rings. The molecule has 17 heavy (non-hydrogen) atoms. The Labute approximate surface area is 100 Å². The highest BCUT2D eigenvalue weighted by molar-refractivity contribution is 5.56. The molecule has 0 saturated carbocycles. The quantitative estimate of drug-likeness (QED) is 0.804. The minimum Gasteiger partial charge on any atom is -0.399 e. The van der Waals surface area contributed by atoms with Gasteiger partial charge in [-0.05, 0) is 30.9 Å². The van der Waals surface area contributed by atoms with E-state index in [1.54, 1.807) is 4.90 Å². The Balaban J connectivity index is 2.18. The summed E-state index contributed by atoms with van der Waals surface area (Å²) in [7, 11) is 0. The van der Waals surface area contributed by atoms with Gasteiger partial charge in [-0.3, -0.25) is 0 Å². The zero-order valence-electron chi connectivity index (χ0n) is 9.76. The van der Waals surface area contributed by atoms with Crippen LogP contribution in [0, 0.1) is 24.5 Å². The Morgan fingerprint density at radius 2 is 1.76 bits per heavy atom. The number of nitrogens with two attached hydrogens (primary N) is 1. The fraction of sp³-hybridized carbons (Fsp3) is 0.462. The van der Waals surface area contributed by atoms with Crippen LogP contribution in [0.2, 0.25) is 0 Å². The lowest BCUT2D eigenvalue weighted by Gasteiger charge is -2.33. The predicted molar refractivity (Wildman–Crippen MR) is 65.7 cm³/mol. The molecule has 1 radical (unpaired) electrons. The monoisotopic (exact) mass is 239 g/mol. The molecule has 2 rings (SSSR count). The van der Waals surface area contributed by atoms with Crippen molar-refractivity contribution in [1.29, 1.82) is 0 Å². The van der Waals surface area contributed by atoms with Crippen molar-refractivity contribution in [3.05, 3.63) is 30.7 Å². The maximum absolute atomic E-state index is 13.7. The van der Waals surface area contributed by atoms with Crippen molar-refractivity contribution in [1.82, 2.24) is 0 Å². The average Bonchev–Trinajstić information content (AvgIpc) is 2.28. The van der Waals surface area contributed by atoms with Crippen molar-refractivity contribution in [2.75, 3.05) is 23.7 Å². The molecule has 0 aromatic heterocycles. The van der Waals surface area contributed by atoms with Crippen molar-refractivity contribution < 1.29 is 8.78 Å². The molecule has 2 nitrogen and oxygen atoms in total. The van der Waals surface area contributed by atoms with Crippen molar-refractivity contribution in [3.63, 3.8) is 0 Å². The lowest BCUT2D eigenvalue weighted by molar-refractivity contribution is 0.402. The third-order valence-electron chi connectivity index (χ3n) is 3.38. The van der Waals surface area contributed by atoms with Gasteiger partial charge in [-0.15, -0.1) is 0 Å². The van der Waals surface area contributed by atoms with E-state index in [0.29, 0.717) is 19.0 Å². The number of halogens is 2. The van der Waals surface area contributed by atoms with Gasteiger partial charge >= 0.3 is 0 Å². The minimum absolute atomic E-state index is 0.0571. The van der Waals surface area contributed by atoms with Crippen LogP contribution in [-0.4, -0.2) is 13.1 Å². The molecule has 1 aliphatic heterocycles. The number of nitrogens with zero attached hydrogens (tertiary/aromatic N) is 1. The fourth-order valence-electron chi connectivity index (χ4n) is 2.33. The zero-order chi connectivity index (χ0) is 12.4. The molecule has 0 atom stereocenters. The molecule has 1 saturated heterocycles. The molecule has 1 aliphatic rings. The van der Waals surface area contributed by atoms with Crippen LogP contribution >= 0.6 is 0 Å². The van der Waals surface area contributed by atoms with Crippen molar-refractivity contribution in [3.8, 4) is 0 Å². The van der Waals surface area contributed by atoms with Gasteiger partial charge in [0.25, 0.3) is 0 Å². The summed E-state index contributed by atoms with van der Waals surface area (Å²) in [5.41, 5.74) is 5.57. The molecule has 0 amide bonds. The summed E-state index contributed by atoms with van der Waals surface area (Å²) in [5.74, 6) is -0.572. The Kier molecular flexibility index (Phi) is 3.50. The molecular weight excluding hydrogens is 222 g/mol. The Bertz CT molecular complexity index is 375. The van der Waals surface area contributed by atoms with Crippen LogP contribution < -0.4 is 10.6 Å². The number of hydrogen-bond donors (Lipinski definition) is 1. The Morgan fingerprint density at radius 3 is 2.24 bits per heavy atom. The number of piperidine rings is 1. The summed E-state index contributed by atoms with van der Waals surface area (Å²) < 4.78 is 27.4. The second-order valence-corrected chi connectivity index (χ2v) is 4.55. The smallest absolute Gasteiger partial charge is 0.151 e. The third-order valence-corrected chi connectivity index (χ3v) is 3.38. The number of nitrogen functional groups attached to an aromatic ring is 1. The zero-order valence-corrected chi connectivity index (χ0v) is 9.76. The molecule has 0 bridgehead atoms. The largest absolute Gasteiger partial charge is 0.399 e. The Hall–Kier alpha value is -1.32. The van der Waals surface area contributed by atoms with E-state index in [4.69, 9.17) is 5.73 Å². The first-order valence-corrected chi connectivity index (χ1v) is 5.90. The van der Waals surface area contributed by atoms with Crippen LogP contribution in [-0.2, 0) is 0 Å². The van der Waals surface area contributed by atoms with Gasteiger partial charge < -0.3 is 10.6 Å². The highest BCUT2D eigenvalue weighted by Crippen LogP contribution is 2.30. The summed E-state index contributed by atoms with van der Waals surface area (Å²) in [6.45, 7) is 5.23. The molecule has 4 heteroatoms. The van der Waals surface area contributed by atoms with Crippen LogP contribution in [0.5, 0.6) is 0 Å². The standard InChI is InChI=1S/C13H17F2N2/c1-2-9-3-5-17(6-4-9)13-11(14)7-10(16)8-12(13)15/h7-9H,1-6,16H2. The van der Waals surface area contributed by atoms with Gasteiger partial charge in [0.1, 0.15) is 5.69 Å². The van der Waals surface area contributed by atoms with Gasteiger partial charge in [-0.1, -0.05) is 13.3 Å². The SMILES string of the molecule is [CH2]CC1CCN(c2c(F)cc(N)cc2F)CC1. The van der Waals surface area contributed by atoms with E-state index in [-0.39, 0.29) is 11.4 Å². The van der Waals surface area contributed by atoms with Gasteiger partial charge in [-0.2, -0.15) is 0 Å². The summed E-state index contributed by atoms with van der Waals surface area (Å²) in [5, 5.41) is 0. The van der Waals surface area contributed by atoms with E-state index in [9.17, 15) is 8.78 Å². The van der Waals surface area contributed by atoms with Gasteiger partial charge in [0.15, 0.2) is 11.6 Å². The highest BCUT2D eigenvalue weighted by atomic mass is 19.1. The molecule has 2 N–H and O–H groups in total. The molecule has 0 unspecified atom stereocenters. The van der Waals surface area contributed by atoms with Crippen LogP contribution in [0.4, 0.5) is 20.2 Å². The van der Waals surface area contributed by atoms with Gasteiger partial charge in [0.05, 0.1) is 0 Å². The molecule has 1 fully saturated rings. The first-order valence-electron chi connectivity index (χ1n) is 5.90. The van der Waals surface area contributed by atoms with Crippen molar-refractivity contribution in [2.24, 2.45) is 5.92 Å². The van der Waals surface area contributed by atoms with E-state index >= 15 is 0 Å². The second kappa shape index (κ2) is 4.90. The van der Waals surface area contributed by atoms with Gasteiger partial charge in [-0.25, -0.2) is 8.78 Å². The first kappa shape index (κ1) is 12.1. The number of hydrogen-bond acceptors (Lipinski definition) is 2. The van der Waals surface area contributed by atoms with Crippen molar-refractivity contribution >= 4 is 11.4 Å². The first-order chi connectivity index (χ1) is 8.11. The number of rotatable bonds is 2. The molecule has 0 aliphatic carbocycles. The number of anilines is 2. The number of benzene rings is 1. The van der Waals surface area contributed by atoms with Gasteiger partial charge in [0.2, 0.25) is 0 Å². The van der Waals surface area contributed by atoms with Crippen LogP contribution in [0.25, 0.3) is 0 Å². The van der Waals surface area contributed by atoms with Crippen LogP contribution in [0.15, 0.2) is 12.1 Å². The van der Waals surface area contributed by atoms with Crippen molar-refractivity contribution in [2.45, 2.75) is 19.3 Å². The van der Waals surface area contributed by atoms with E-state index in [0.717, 1.165) is 19.3 Å². The van der Waals surface area contributed by atoms with Gasteiger partial charge in [0, 0.05) is 18.8 Å². The summed E-state index contributed by atoms with van der Waals surface area (Å²) in [6.07, 6.45) is 2.76. The second-order valence-electron chi connectivity index (χ2n) is 4.55. The Morgan fingerprint density at radius 1 is 1.24 bits per heavy atom. The third kappa shape index (κ3) is 2.51. The normalized spacial score (nSPS) is 17.5. The van der Waals surface area contributed by atoms with Crippen LogP contribution in [0.1, 0.15) is 19.3 Å². The predicted octanol–water partition coefficient (Wildman–Crippen LogP) is 2.99. The van der Waals surface area contributed by atoms with E-state index in [1.165, 1.54) is 12.1 Å². The summed E-state index contributed by atoms with van der Waals surface area (Å²) in [6, 6.07) is 2.34. The lowest BCUT2D eigenvalue weighted by atomic mass is 9.94. The molecule has 0 spiro atoms.